The molecule has 0 radical (unpaired) electrons. The summed E-state index contributed by atoms with van der Waals surface area (Å²) in [7, 11) is 0. The number of hydrogen-bond acceptors (Lipinski definition) is 5. The van der Waals surface area contributed by atoms with Crippen molar-refractivity contribution in [2.45, 2.75) is 19.8 Å². The molecular weight excluding hydrogens is 278 g/mol. The highest BCUT2D eigenvalue weighted by Crippen LogP contribution is 2.23. The molecule has 0 N–H and O–H groups in total. The first-order chi connectivity index (χ1) is 9.56. The van der Waals surface area contributed by atoms with Gasteiger partial charge in [0.25, 0.3) is 5.69 Å². The summed E-state index contributed by atoms with van der Waals surface area (Å²) in [6, 6.07) is 8.19. The third-order valence-corrected chi connectivity index (χ3v) is 3.69. The first-order valence-electron chi connectivity index (χ1n) is 6.04. The number of carbonyl (C=O) groups is 1. The molecule has 0 amide bonds. The molecule has 2 rings (SSSR count). The van der Waals surface area contributed by atoms with Crippen molar-refractivity contribution in [3.05, 3.63) is 56.3 Å². The van der Waals surface area contributed by atoms with Gasteiger partial charge in [0.05, 0.1) is 11.3 Å². The van der Waals surface area contributed by atoms with Gasteiger partial charge in [0.1, 0.15) is 5.75 Å². The molecule has 2 aromatic rings. The van der Waals surface area contributed by atoms with Gasteiger partial charge in [-0.2, -0.15) is 0 Å². The van der Waals surface area contributed by atoms with Gasteiger partial charge in [-0.05, 0) is 36.9 Å². The van der Waals surface area contributed by atoms with Crippen molar-refractivity contribution in [1.82, 2.24) is 0 Å². The molecule has 6 heteroatoms. The lowest BCUT2D eigenvalue weighted by atomic mass is 10.2. The van der Waals surface area contributed by atoms with Gasteiger partial charge in [-0.25, -0.2) is 0 Å². The molecule has 0 bridgehead atoms. The van der Waals surface area contributed by atoms with Gasteiger partial charge in [0, 0.05) is 16.5 Å². The lowest BCUT2D eigenvalue weighted by molar-refractivity contribution is -0.385. The predicted octanol–water partition coefficient (Wildman–Crippen LogP) is 3.50. The maximum atomic E-state index is 11.7. The summed E-state index contributed by atoms with van der Waals surface area (Å²) < 4.78 is 5.17. The minimum Gasteiger partial charge on any atom is -0.427 e. The molecule has 0 unspecified atom stereocenters. The highest BCUT2D eigenvalue weighted by atomic mass is 32.1. The Bertz CT molecular complexity index is 622. The van der Waals surface area contributed by atoms with E-state index in [2.05, 4.69) is 0 Å². The van der Waals surface area contributed by atoms with Gasteiger partial charge in [-0.3, -0.25) is 14.9 Å². The zero-order chi connectivity index (χ0) is 14.5. The number of esters is 1. The minimum absolute atomic E-state index is 0.0170. The summed E-state index contributed by atoms with van der Waals surface area (Å²) in [5.41, 5.74) is 0.488. The molecule has 0 aliphatic heterocycles. The van der Waals surface area contributed by atoms with E-state index in [0.29, 0.717) is 17.7 Å². The number of carbonyl (C=O) groups excluding carboxylic acids is 1. The average molecular weight is 291 g/mol. The fraction of sp³-hybridized carbons (Fsp3) is 0.214. The van der Waals surface area contributed by atoms with E-state index in [1.807, 2.05) is 17.5 Å². The van der Waals surface area contributed by atoms with Crippen molar-refractivity contribution in [3.8, 4) is 5.75 Å². The first kappa shape index (κ1) is 14.2. The number of thiophene rings is 1. The molecule has 20 heavy (non-hydrogen) atoms. The standard InChI is InChI=1S/C14H13NO4S/c1-10-9-11(4-6-13(10)15(17)18)19-14(16)7-5-12-3-2-8-20-12/h2-4,6,8-9H,5,7H2,1H3. The molecule has 0 saturated carbocycles. The smallest absolute Gasteiger partial charge is 0.311 e. The van der Waals surface area contributed by atoms with E-state index in [4.69, 9.17) is 4.74 Å². The van der Waals surface area contributed by atoms with Crippen molar-refractivity contribution in [1.29, 1.82) is 0 Å². The number of rotatable bonds is 5. The van der Waals surface area contributed by atoms with E-state index >= 15 is 0 Å². The molecule has 0 spiro atoms. The summed E-state index contributed by atoms with van der Waals surface area (Å²) in [5.74, 6) is -0.00377. The Morgan fingerprint density at radius 3 is 2.80 bits per heavy atom. The van der Waals surface area contributed by atoms with Crippen LogP contribution in [0.15, 0.2) is 35.7 Å². The molecule has 0 atom stereocenters. The van der Waals surface area contributed by atoms with Crippen molar-refractivity contribution < 1.29 is 14.5 Å². The van der Waals surface area contributed by atoms with Crippen LogP contribution < -0.4 is 4.74 Å². The van der Waals surface area contributed by atoms with Gasteiger partial charge in [-0.15, -0.1) is 11.3 Å². The molecule has 104 valence electrons. The van der Waals surface area contributed by atoms with Gasteiger partial charge < -0.3 is 4.74 Å². The SMILES string of the molecule is Cc1cc(OC(=O)CCc2cccs2)ccc1[N+](=O)[O-]. The molecular formula is C14H13NO4S. The summed E-state index contributed by atoms with van der Waals surface area (Å²) in [6.45, 7) is 1.61. The maximum absolute atomic E-state index is 11.7. The highest BCUT2D eigenvalue weighted by molar-refractivity contribution is 7.09. The number of nitro groups is 1. The van der Waals surface area contributed by atoms with E-state index in [0.717, 1.165) is 4.88 Å². The number of hydrogen-bond donors (Lipinski definition) is 0. The quantitative estimate of drug-likeness (QED) is 0.366. The summed E-state index contributed by atoms with van der Waals surface area (Å²) >= 11 is 1.60. The normalized spacial score (nSPS) is 10.2. The second-order valence-corrected chi connectivity index (χ2v) is 5.29. The third kappa shape index (κ3) is 3.64. The Morgan fingerprint density at radius 2 is 2.20 bits per heavy atom. The topological polar surface area (TPSA) is 69.4 Å². The van der Waals surface area contributed by atoms with Crippen LogP contribution in [0.3, 0.4) is 0 Å². The second kappa shape index (κ2) is 6.29. The Labute approximate surface area is 120 Å². The van der Waals surface area contributed by atoms with Crippen molar-refractivity contribution >= 4 is 23.0 Å². The van der Waals surface area contributed by atoms with Crippen LogP contribution >= 0.6 is 11.3 Å². The number of nitro benzene ring substituents is 1. The highest BCUT2D eigenvalue weighted by Gasteiger charge is 2.12. The fourth-order valence-corrected chi connectivity index (χ4v) is 2.47. The summed E-state index contributed by atoms with van der Waals surface area (Å²) in [4.78, 5) is 23.0. The average Bonchev–Trinajstić information content (AvgIpc) is 2.89. The Morgan fingerprint density at radius 1 is 1.40 bits per heavy atom. The molecule has 0 fully saturated rings. The number of ether oxygens (including phenoxy) is 1. The van der Waals surface area contributed by atoms with E-state index < -0.39 is 4.92 Å². The zero-order valence-electron chi connectivity index (χ0n) is 10.9. The van der Waals surface area contributed by atoms with Crippen LogP contribution in [-0.4, -0.2) is 10.9 Å². The third-order valence-electron chi connectivity index (χ3n) is 2.75. The largest absolute Gasteiger partial charge is 0.427 e. The van der Waals surface area contributed by atoms with E-state index in [9.17, 15) is 14.9 Å². The van der Waals surface area contributed by atoms with Crippen molar-refractivity contribution in [2.75, 3.05) is 0 Å². The Balaban J connectivity index is 1.94. The molecule has 0 aliphatic rings. The van der Waals surface area contributed by atoms with Crippen LogP contribution in [0, 0.1) is 17.0 Å². The van der Waals surface area contributed by atoms with Crippen LogP contribution in [0.25, 0.3) is 0 Å². The van der Waals surface area contributed by atoms with Crippen LogP contribution in [0.2, 0.25) is 0 Å². The molecule has 1 aromatic carbocycles. The lowest BCUT2D eigenvalue weighted by Gasteiger charge is -2.05. The van der Waals surface area contributed by atoms with Crippen LogP contribution in [-0.2, 0) is 11.2 Å². The summed E-state index contributed by atoms with van der Waals surface area (Å²) in [6.07, 6.45) is 0.930. The second-order valence-electron chi connectivity index (χ2n) is 4.26. The van der Waals surface area contributed by atoms with Crippen LogP contribution in [0.1, 0.15) is 16.9 Å². The lowest BCUT2D eigenvalue weighted by Crippen LogP contribution is -2.09. The predicted molar refractivity (Wildman–Crippen MR) is 76.1 cm³/mol. The van der Waals surface area contributed by atoms with Gasteiger partial charge in [-0.1, -0.05) is 6.07 Å². The van der Waals surface area contributed by atoms with E-state index in [-0.39, 0.29) is 18.1 Å². The van der Waals surface area contributed by atoms with Crippen molar-refractivity contribution in [3.63, 3.8) is 0 Å². The van der Waals surface area contributed by atoms with E-state index in [1.165, 1.54) is 18.2 Å². The summed E-state index contributed by atoms with van der Waals surface area (Å²) in [5, 5.41) is 12.6. The minimum atomic E-state index is -0.461. The molecule has 1 aromatic heterocycles. The van der Waals surface area contributed by atoms with Gasteiger partial charge in [0.15, 0.2) is 0 Å². The number of aryl methyl sites for hydroxylation is 2. The molecule has 0 saturated heterocycles. The zero-order valence-corrected chi connectivity index (χ0v) is 11.7. The molecule has 0 aliphatic carbocycles. The first-order valence-corrected chi connectivity index (χ1v) is 6.92. The van der Waals surface area contributed by atoms with Crippen LogP contribution in [0.4, 0.5) is 5.69 Å². The maximum Gasteiger partial charge on any atom is 0.311 e. The van der Waals surface area contributed by atoms with E-state index in [1.54, 1.807) is 18.3 Å². The van der Waals surface area contributed by atoms with Crippen LogP contribution in [0.5, 0.6) is 5.75 Å². The molecule has 5 nitrogen and oxygen atoms in total. The van der Waals surface area contributed by atoms with Gasteiger partial charge >= 0.3 is 5.97 Å². The Hall–Kier alpha value is -2.21. The van der Waals surface area contributed by atoms with Gasteiger partial charge in [0.2, 0.25) is 0 Å². The monoisotopic (exact) mass is 291 g/mol. The number of nitrogens with zero attached hydrogens (tertiary/aromatic N) is 1. The molecule has 1 heterocycles. The number of benzene rings is 1. The fourth-order valence-electron chi connectivity index (χ4n) is 1.76. The Kier molecular flexibility index (Phi) is 4.47. The van der Waals surface area contributed by atoms with Crippen molar-refractivity contribution in [2.24, 2.45) is 0 Å².